The van der Waals surface area contributed by atoms with E-state index in [1.165, 1.54) is 0 Å². The summed E-state index contributed by atoms with van der Waals surface area (Å²) in [6.45, 7) is 13.4. The van der Waals surface area contributed by atoms with Crippen molar-refractivity contribution in [2.24, 2.45) is 10.8 Å². The highest BCUT2D eigenvalue weighted by Gasteiger charge is 2.69. The summed E-state index contributed by atoms with van der Waals surface area (Å²) in [5, 5.41) is 2.98. The number of rotatable bonds is 3. The Labute approximate surface area is 122 Å². The van der Waals surface area contributed by atoms with Gasteiger partial charge in [0.25, 0.3) is 0 Å². The van der Waals surface area contributed by atoms with E-state index in [0.717, 1.165) is 0 Å². The summed E-state index contributed by atoms with van der Waals surface area (Å²) < 4.78 is 0. The molecule has 1 aliphatic carbocycles. The SMILES string of the molecule is CCC1(CC)NC(=O)CCN(C2C(C)(C)C2(C)C)C1=O. The van der Waals surface area contributed by atoms with Crippen LogP contribution < -0.4 is 5.32 Å². The number of hydrogen-bond donors (Lipinski definition) is 1. The number of amides is 2. The summed E-state index contributed by atoms with van der Waals surface area (Å²) in [5.41, 5.74) is -0.477. The highest BCUT2D eigenvalue weighted by molar-refractivity contribution is 5.94. The summed E-state index contributed by atoms with van der Waals surface area (Å²) >= 11 is 0. The Bertz CT molecular complexity index is 422. The van der Waals surface area contributed by atoms with Gasteiger partial charge in [-0.1, -0.05) is 41.5 Å². The second-order valence-corrected chi connectivity index (χ2v) is 7.43. The molecular weight excluding hydrogens is 252 g/mol. The van der Waals surface area contributed by atoms with Crippen molar-refractivity contribution in [2.75, 3.05) is 6.54 Å². The molecule has 1 heterocycles. The van der Waals surface area contributed by atoms with Crippen molar-refractivity contribution in [3.05, 3.63) is 0 Å². The number of hydrogen-bond acceptors (Lipinski definition) is 2. The molecule has 1 saturated carbocycles. The number of carbonyl (C=O) groups is 2. The van der Waals surface area contributed by atoms with Crippen LogP contribution >= 0.6 is 0 Å². The van der Waals surface area contributed by atoms with Crippen molar-refractivity contribution < 1.29 is 9.59 Å². The van der Waals surface area contributed by atoms with Gasteiger partial charge in [0, 0.05) is 19.0 Å². The molecule has 2 amide bonds. The normalized spacial score (nSPS) is 28.0. The fourth-order valence-electron chi connectivity index (χ4n) is 3.90. The molecule has 2 aliphatic rings. The van der Waals surface area contributed by atoms with Crippen LogP contribution in [-0.2, 0) is 9.59 Å². The zero-order valence-corrected chi connectivity index (χ0v) is 13.7. The van der Waals surface area contributed by atoms with Crippen LogP contribution in [0.15, 0.2) is 0 Å². The quantitative estimate of drug-likeness (QED) is 0.862. The van der Waals surface area contributed by atoms with Crippen LogP contribution in [0.1, 0.15) is 60.8 Å². The van der Waals surface area contributed by atoms with E-state index in [1.807, 2.05) is 18.7 Å². The van der Waals surface area contributed by atoms with E-state index < -0.39 is 5.54 Å². The Balaban J connectivity index is 2.35. The molecule has 20 heavy (non-hydrogen) atoms. The van der Waals surface area contributed by atoms with Crippen LogP contribution in [0.2, 0.25) is 0 Å². The van der Waals surface area contributed by atoms with Crippen molar-refractivity contribution >= 4 is 11.8 Å². The predicted octanol–water partition coefficient (Wildman–Crippen LogP) is 2.33. The first-order valence-electron chi connectivity index (χ1n) is 7.76. The summed E-state index contributed by atoms with van der Waals surface area (Å²) in [5.74, 6) is 0.109. The largest absolute Gasteiger partial charge is 0.342 e. The number of nitrogens with zero attached hydrogens (tertiary/aromatic N) is 1. The second kappa shape index (κ2) is 4.47. The molecule has 0 aromatic heterocycles. The van der Waals surface area contributed by atoms with Crippen molar-refractivity contribution in [1.82, 2.24) is 10.2 Å². The minimum atomic E-state index is -0.706. The number of nitrogens with one attached hydrogen (secondary N) is 1. The molecule has 0 atom stereocenters. The van der Waals surface area contributed by atoms with Gasteiger partial charge in [-0.15, -0.1) is 0 Å². The molecule has 2 rings (SSSR count). The third-order valence-corrected chi connectivity index (χ3v) is 6.09. The predicted molar refractivity (Wildman–Crippen MR) is 79.1 cm³/mol. The fourth-order valence-corrected chi connectivity index (χ4v) is 3.90. The van der Waals surface area contributed by atoms with E-state index in [-0.39, 0.29) is 28.7 Å². The summed E-state index contributed by atoms with van der Waals surface area (Å²) in [4.78, 5) is 27.0. The van der Waals surface area contributed by atoms with Crippen LogP contribution in [-0.4, -0.2) is 34.8 Å². The van der Waals surface area contributed by atoms with Gasteiger partial charge in [0.15, 0.2) is 0 Å². The zero-order valence-electron chi connectivity index (χ0n) is 13.7. The van der Waals surface area contributed by atoms with Crippen LogP contribution in [0.25, 0.3) is 0 Å². The van der Waals surface area contributed by atoms with Gasteiger partial charge >= 0.3 is 0 Å². The molecule has 114 valence electrons. The highest BCUT2D eigenvalue weighted by Crippen LogP contribution is 2.65. The number of carbonyl (C=O) groups excluding carboxylic acids is 2. The lowest BCUT2D eigenvalue weighted by atomic mass is 9.91. The molecule has 2 fully saturated rings. The zero-order chi connectivity index (χ0) is 15.3. The van der Waals surface area contributed by atoms with E-state index >= 15 is 0 Å². The van der Waals surface area contributed by atoms with E-state index in [9.17, 15) is 9.59 Å². The van der Waals surface area contributed by atoms with Gasteiger partial charge in [0.2, 0.25) is 11.8 Å². The average Bonchev–Trinajstić information content (AvgIpc) is 2.82. The standard InChI is InChI=1S/C16H28N2O2/c1-7-16(8-2)13(20)18(10-9-11(19)17-16)12-14(3,4)15(12,5)6/h12H,7-10H2,1-6H3,(H,17,19). The molecule has 4 heteroatoms. The lowest BCUT2D eigenvalue weighted by molar-refractivity contribution is -0.140. The Morgan fingerprint density at radius 2 is 1.60 bits per heavy atom. The van der Waals surface area contributed by atoms with Gasteiger partial charge in [-0.2, -0.15) is 0 Å². The molecule has 1 aliphatic heterocycles. The van der Waals surface area contributed by atoms with Gasteiger partial charge in [-0.05, 0) is 23.7 Å². The molecule has 0 aromatic carbocycles. The monoisotopic (exact) mass is 280 g/mol. The maximum atomic E-state index is 13.0. The Morgan fingerprint density at radius 3 is 2.00 bits per heavy atom. The molecular formula is C16H28N2O2. The van der Waals surface area contributed by atoms with Crippen molar-refractivity contribution in [2.45, 2.75) is 72.4 Å². The molecule has 1 N–H and O–H groups in total. The topological polar surface area (TPSA) is 49.4 Å². The van der Waals surface area contributed by atoms with Crippen LogP contribution in [0, 0.1) is 10.8 Å². The van der Waals surface area contributed by atoms with Crippen LogP contribution in [0.5, 0.6) is 0 Å². The van der Waals surface area contributed by atoms with E-state index in [0.29, 0.717) is 25.8 Å². The average molecular weight is 280 g/mol. The first-order chi connectivity index (χ1) is 9.14. The maximum absolute atomic E-state index is 13.0. The van der Waals surface area contributed by atoms with Crippen LogP contribution in [0.4, 0.5) is 0 Å². The van der Waals surface area contributed by atoms with Gasteiger partial charge in [0.1, 0.15) is 5.54 Å². The Kier molecular flexibility index (Phi) is 3.43. The Morgan fingerprint density at radius 1 is 1.10 bits per heavy atom. The maximum Gasteiger partial charge on any atom is 0.248 e. The van der Waals surface area contributed by atoms with Gasteiger partial charge in [-0.3, -0.25) is 9.59 Å². The lowest BCUT2D eigenvalue weighted by Crippen LogP contribution is -2.57. The highest BCUT2D eigenvalue weighted by atomic mass is 16.2. The van der Waals surface area contributed by atoms with E-state index in [1.54, 1.807) is 0 Å². The summed E-state index contributed by atoms with van der Waals surface area (Å²) in [6, 6.07) is 0.229. The molecule has 0 spiro atoms. The lowest BCUT2D eigenvalue weighted by Gasteiger charge is -2.34. The first kappa shape index (κ1) is 15.3. The first-order valence-corrected chi connectivity index (χ1v) is 7.76. The third kappa shape index (κ3) is 1.87. The molecule has 0 aromatic rings. The summed E-state index contributed by atoms with van der Waals surface area (Å²) in [7, 11) is 0. The van der Waals surface area contributed by atoms with Crippen molar-refractivity contribution in [3.63, 3.8) is 0 Å². The minimum absolute atomic E-state index is 0.000752. The van der Waals surface area contributed by atoms with Crippen molar-refractivity contribution in [3.8, 4) is 0 Å². The third-order valence-electron chi connectivity index (χ3n) is 6.09. The molecule has 4 nitrogen and oxygen atoms in total. The molecule has 0 bridgehead atoms. The molecule has 0 unspecified atom stereocenters. The molecule has 0 radical (unpaired) electrons. The second-order valence-electron chi connectivity index (χ2n) is 7.43. The fraction of sp³-hybridized carbons (Fsp3) is 0.875. The van der Waals surface area contributed by atoms with Gasteiger partial charge < -0.3 is 10.2 Å². The van der Waals surface area contributed by atoms with E-state index in [2.05, 4.69) is 33.0 Å². The van der Waals surface area contributed by atoms with Gasteiger partial charge in [0.05, 0.1) is 0 Å². The van der Waals surface area contributed by atoms with Gasteiger partial charge in [-0.25, -0.2) is 0 Å². The Hall–Kier alpha value is -1.06. The van der Waals surface area contributed by atoms with Crippen LogP contribution in [0.3, 0.4) is 0 Å². The molecule has 1 saturated heterocycles. The van der Waals surface area contributed by atoms with Crippen molar-refractivity contribution in [1.29, 1.82) is 0 Å². The summed E-state index contributed by atoms with van der Waals surface area (Å²) in [6.07, 6.45) is 1.71. The smallest absolute Gasteiger partial charge is 0.248 e. The minimum Gasteiger partial charge on any atom is -0.342 e. The van der Waals surface area contributed by atoms with E-state index in [4.69, 9.17) is 0 Å².